The van der Waals surface area contributed by atoms with Crippen LogP contribution >= 0.6 is 0 Å². The lowest BCUT2D eigenvalue weighted by atomic mass is 10.2. The number of nitrogens with two attached hydrogens (primary N) is 1. The molecule has 0 saturated carbocycles. The zero-order valence-electron chi connectivity index (χ0n) is 11.6. The Balaban J connectivity index is 2.69. The van der Waals surface area contributed by atoms with Crippen LogP contribution in [0.1, 0.15) is 5.56 Å². The number of amides is 1. The Morgan fingerprint density at radius 2 is 1.76 bits per heavy atom. The molecule has 7 nitrogen and oxygen atoms in total. The summed E-state index contributed by atoms with van der Waals surface area (Å²) < 4.78 is 45.3. The van der Waals surface area contributed by atoms with Crippen LogP contribution in [0.4, 0.5) is 5.69 Å². The molecular formula is C12H18N2O5S2. The second-order valence-electron chi connectivity index (χ2n) is 4.63. The lowest BCUT2D eigenvalue weighted by molar-refractivity contribution is -0.113. The molecule has 21 heavy (non-hydrogen) atoms. The van der Waals surface area contributed by atoms with Gasteiger partial charge >= 0.3 is 0 Å². The minimum absolute atomic E-state index is 0.206. The maximum atomic E-state index is 11.7. The van der Waals surface area contributed by atoms with Gasteiger partial charge in [0.2, 0.25) is 5.91 Å². The Kier molecular flexibility index (Phi) is 5.87. The molecule has 0 atom stereocenters. The van der Waals surface area contributed by atoms with Gasteiger partial charge in [-0.15, -0.1) is 0 Å². The fourth-order valence-corrected chi connectivity index (χ4v) is 4.40. The van der Waals surface area contributed by atoms with Gasteiger partial charge in [-0.05, 0) is 11.6 Å². The van der Waals surface area contributed by atoms with Crippen LogP contribution in [0.5, 0.6) is 0 Å². The monoisotopic (exact) mass is 334 g/mol. The third-order valence-corrected chi connectivity index (χ3v) is 5.36. The summed E-state index contributed by atoms with van der Waals surface area (Å²) in [6, 6.07) is 6.77. The minimum atomic E-state index is -3.78. The summed E-state index contributed by atoms with van der Waals surface area (Å²) in [5.74, 6) is -2.55. The molecule has 0 spiro atoms. The van der Waals surface area contributed by atoms with Gasteiger partial charge in [-0.1, -0.05) is 18.2 Å². The highest BCUT2D eigenvalue weighted by Gasteiger charge is 2.19. The molecule has 1 aromatic carbocycles. The predicted octanol–water partition coefficient (Wildman–Crippen LogP) is -0.457. The fraction of sp³-hybridized carbons (Fsp3) is 0.417. The molecule has 0 aliphatic carbocycles. The second-order valence-corrected chi connectivity index (χ2v) is 9.08. The zero-order valence-corrected chi connectivity index (χ0v) is 13.2. The molecule has 0 bridgehead atoms. The topological polar surface area (TPSA) is 123 Å². The average molecular weight is 334 g/mol. The Bertz CT molecular complexity index is 711. The number of carbonyl (C=O) groups excluding carboxylic acids is 1. The van der Waals surface area contributed by atoms with Gasteiger partial charge in [0.05, 0.1) is 11.5 Å². The van der Waals surface area contributed by atoms with E-state index >= 15 is 0 Å². The summed E-state index contributed by atoms with van der Waals surface area (Å²) in [6.45, 7) is 0.206. The van der Waals surface area contributed by atoms with Crippen molar-refractivity contribution in [2.24, 2.45) is 5.73 Å². The molecule has 0 fully saturated rings. The third-order valence-electron chi connectivity index (χ3n) is 2.63. The van der Waals surface area contributed by atoms with E-state index in [0.717, 1.165) is 6.26 Å². The summed E-state index contributed by atoms with van der Waals surface area (Å²) in [4.78, 5) is 11.7. The standard InChI is InChI=1S/C12H18N2O5S2/c1-20(16,17)6-7-21(18,19)9-12(15)14-11-5-3-2-4-10(11)8-13/h2-5H,6-9,13H2,1H3,(H,14,15). The molecule has 0 saturated heterocycles. The van der Waals surface area contributed by atoms with Crippen LogP contribution in [-0.4, -0.2) is 46.3 Å². The number of rotatable bonds is 7. The van der Waals surface area contributed by atoms with E-state index in [1.54, 1.807) is 24.3 Å². The van der Waals surface area contributed by atoms with Crippen molar-refractivity contribution in [3.05, 3.63) is 29.8 Å². The summed E-state index contributed by atoms with van der Waals surface area (Å²) in [7, 11) is -7.17. The molecule has 0 heterocycles. The molecule has 1 rings (SSSR count). The molecule has 9 heteroatoms. The van der Waals surface area contributed by atoms with Crippen molar-refractivity contribution in [3.63, 3.8) is 0 Å². The van der Waals surface area contributed by atoms with E-state index < -0.39 is 42.8 Å². The number of hydrogen-bond donors (Lipinski definition) is 2. The van der Waals surface area contributed by atoms with Gasteiger partial charge in [-0.25, -0.2) is 16.8 Å². The molecule has 0 radical (unpaired) electrons. The molecule has 0 unspecified atom stereocenters. The molecule has 0 aliphatic rings. The van der Waals surface area contributed by atoms with Crippen molar-refractivity contribution in [2.75, 3.05) is 28.8 Å². The van der Waals surface area contributed by atoms with Gasteiger partial charge in [-0.3, -0.25) is 4.79 Å². The fourth-order valence-electron chi connectivity index (χ4n) is 1.56. The molecule has 0 aromatic heterocycles. The first-order chi connectivity index (χ1) is 9.63. The van der Waals surface area contributed by atoms with Crippen LogP contribution in [0.3, 0.4) is 0 Å². The van der Waals surface area contributed by atoms with Gasteiger partial charge in [0.1, 0.15) is 15.6 Å². The maximum Gasteiger partial charge on any atom is 0.239 e. The van der Waals surface area contributed by atoms with E-state index in [-0.39, 0.29) is 6.54 Å². The van der Waals surface area contributed by atoms with Crippen LogP contribution in [0, 0.1) is 0 Å². The first-order valence-electron chi connectivity index (χ1n) is 6.09. The molecule has 1 aromatic rings. The molecule has 118 valence electrons. The lowest BCUT2D eigenvalue weighted by Gasteiger charge is -2.09. The highest BCUT2D eigenvalue weighted by Crippen LogP contribution is 2.14. The smallest absolute Gasteiger partial charge is 0.239 e. The number of carbonyl (C=O) groups is 1. The number of nitrogens with one attached hydrogen (secondary N) is 1. The summed E-state index contributed by atoms with van der Waals surface area (Å²) in [6.07, 6.45) is 0.945. The number of sulfone groups is 2. The van der Waals surface area contributed by atoms with Crippen molar-refractivity contribution in [2.45, 2.75) is 6.54 Å². The van der Waals surface area contributed by atoms with E-state index in [2.05, 4.69) is 5.32 Å². The number of para-hydroxylation sites is 1. The second kappa shape index (κ2) is 7.01. The highest BCUT2D eigenvalue weighted by atomic mass is 32.2. The number of benzene rings is 1. The minimum Gasteiger partial charge on any atom is -0.326 e. The van der Waals surface area contributed by atoms with Crippen molar-refractivity contribution in [1.82, 2.24) is 0 Å². The Hall–Kier alpha value is -1.45. The number of anilines is 1. The zero-order chi connectivity index (χ0) is 16.1. The first kappa shape index (κ1) is 17.6. The van der Waals surface area contributed by atoms with Crippen LogP contribution < -0.4 is 11.1 Å². The van der Waals surface area contributed by atoms with E-state index in [4.69, 9.17) is 5.73 Å². The Morgan fingerprint density at radius 1 is 1.14 bits per heavy atom. The van der Waals surface area contributed by atoms with Crippen LogP contribution in [0.2, 0.25) is 0 Å². The van der Waals surface area contributed by atoms with Crippen molar-refractivity contribution in [1.29, 1.82) is 0 Å². The van der Waals surface area contributed by atoms with Crippen molar-refractivity contribution >= 4 is 31.3 Å². The van der Waals surface area contributed by atoms with Crippen molar-refractivity contribution < 1.29 is 21.6 Å². The highest BCUT2D eigenvalue weighted by molar-refractivity contribution is 7.95. The van der Waals surface area contributed by atoms with Crippen molar-refractivity contribution in [3.8, 4) is 0 Å². The lowest BCUT2D eigenvalue weighted by Crippen LogP contribution is -2.27. The van der Waals surface area contributed by atoms with Crippen LogP contribution in [-0.2, 0) is 31.0 Å². The van der Waals surface area contributed by atoms with E-state index in [1.807, 2.05) is 0 Å². The Morgan fingerprint density at radius 3 is 2.33 bits per heavy atom. The quantitative estimate of drug-likeness (QED) is 0.695. The van der Waals surface area contributed by atoms with E-state index in [9.17, 15) is 21.6 Å². The van der Waals surface area contributed by atoms with Gasteiger partial charge in [-0.2, -0.15) is 0 Å². The predicted molar refractivity (Wildman–Crippen MR) is 81.3 cm³/mol. The van der Waals surface area contributed by atoms with Gasteiger partial charge in [0.15, 0.2) is 9.84 Å². The summed E-state index contributed by atoms with van der Waals surface area (Å²) in [5, 5.41) is 2.47. The third kappa shape index (κ3) is 6.69. The summed E-state index contributed by atoms with van der Waals surface area (Å²) in [5.41, 5.74) is 6.64. The normalized spacial score (nSPS) is 12.1. The SMILES string of the molecule is CS(=O)(=O)CCS(=O)(=O)CC(=O)Nc1ccccc1CN. The van der Waals surface area contributed by atoms with Crippen LogP contribution in [0.15, 0.2) is 24.3 Å². The molecule has 1 amide bonds. The van der Waals surface area contributed by atoms with Crippen LogP contribution in [0.25, 0.3) is 0 Å². The molecule has 3 N–H and O–H groups in total. The van der Waals surface area contributed by atoms with Gasteiger partial charge in [0, 0.05) is 18.5 Å². The largest absolute Gasteiger partial charge is 0.326 e. The molecular weight excluding hydrogens is 316 g/mol. The van der Waals surface area contributed by atoms with E-state index in [0.29, 0.717) is 11.3 Å². The molecule has 0 aliphatic heterocycles. The van der Waals surface area contributed by atoms with E-state index in [1.165, 1.54) is 0 Å². The summed E-state index contributed by atoms with van der Waals surface area (Å²) >= 11 is 0. The average Bonchev–Trinajstić information content (AvgIpc) is 2.36. The number of hydrogen-bond acceptors (Lipinski definition) is 6. The maximum absolute atomic E-state index is 11.7. The van der Waals surface area contributed by atoms with Gasteiger partial charge < -0.3 is 11.1 Å². The first-order valence-corrected chi connectivity index (χ1v) is 9.97. The Labute approximate surface area is 124 Å². The van der Waals surface area contributed by atoms with Gasteiger partial charge in [0.25, 0.3) is 0 Å².